The predicted octanol–water partition coefficient (Wildman–Crippen LogP) is 3.92. The van der Waals surface area contributed by atoms with Crippen LogP contribution in [0.15, 0.2) is 55.0 Å². The summed E-state index contributed by atoms with van der Waals surface area (Å²) in [6.07, 6.45) is 9.64. The number of hydrogen-bond acceptors (Lipinski definition) is 7. The molecule has 31 heavy (non-hydrogen) atoms. The molecular weight excluding hydrogens is 388 g/mol. The van der Waals surface area contributed by atoms with Crippen LogP contribution >= 0.6 is 0 Å². The van der Waals surface area contributed by atoms with Gasteiger partial charge >= 0.3 is 0 Å². The number of nitrogens with one attached hydrogen (secondary N) is 2. The molecule has 4 N–H and O–H groups in total. The van der Waals surface area contributed by atoms with E-state index in [-0.39, 0.29) is 0 Å². The number of hydrogen-bond donors (Lipinski definition) is 3. The van der Waals surface area contributed by atoms with Crippen LogP contribution in [0.25, 0.3) is 16.9 Å². The summed E-state index contributed by atoms with van der Waals surface area (Å²) < 4.78 is 1.84. The lowest BCUT2D eigenvalue weighted by Crippen LogP contribution is -2.33. The highest BCUT2D eigenvalue weighted by atomic mass is 15.3. The molecule has 3 aromatic heterocycles. The number of aryl methyl sites for hydroxylation is 1. The molecule has 1 saturated carbocycles. The normalized spacial score (nSPS) is 18.8. The molecule has 1 aliphatic rings. The van der Waals surface area contributed by atoms with Crippen LogP contribution in [-0.4, -0.2) is 36.6 Å². The Bertz CT molecular complexity index is 1180. The van der Waals surface area contributed by atoms with E-state index in [0.717, 1.165) is 59.7 Å². The minimum absolute atomic E-state index is 0.331. The monoisotopic (exact) mass is 414 g/mol. The fourth-order valence-electron chi connectivity index (χ4n) is 3.98. The van der Waals surface area contributed by atoms with Gasteiger partial charge in [0.25, 0.3) is 0 Å². The van der Waals surface area contributed by atoms with Gasteiger partial charge in [-0.15, -0.1) is 5.10 Å². The Hall–Kier alpha value is -3.52. The largest absolute Gasteiger partial charge is 0.366 e. The lowest BCUT2D eigenvalue weighted by Gasteiger charge is -2.27. The third-order valence-electron chi connectivity index (χ3n) is 5.83. The average molecular weight is 415 g/mol. The van der Waals surface area contributed by atoms with Crippen molar-refractivity contribution in [2.45, 2.75) is 44.7 Å². The number of nitrogens with zero attached hydrogens (tertiary/aromatic N) is 5. The second-order valence-electron chi connectivity index (χ2n) is 8.12. The van der Waals surface area contributed by atoms with Crippen molar-refractivity contribution in [1.29, 1.82) is 0 Å². The molecule has 0 atom stereocenters. The summed E-state index contributed by atoms with van der Waals surface area (Å²) in [6, 6.07) is 12.7. The van der Waals surface area contributed by atoms with Crippen molar-refractivity contribution in [1.82, 2.24) is 24.6 Å². The van der Waals surface area contributed by atoms with Crippen LogP contribution in [0.3, 0.4) is 0 Å². The van der Waals surface area contributed by atoms with Crippen LogP contribution in [0.2, 0.25) is 0 Å². The van der Waals surface area contributed by atoms with Crippen LogP contribution < -0.4 is 16.4 Å². The molecule has 1 aromatic carbocycles. The molecule has 8 nitrogen and oxygen atoms in total. The summed E-state index contributed by atoms with van der Waals surface area (Å²) in [5, 5.41) is 11.6. The fraction of sp³-hybridized carbons (Fsp3) is 0.304. The second-order valence-corrected chi connectivity index (χ2v) is 8.12. The zero-order chi connectivity index (χ0) is 21.2. The van der Waals surface area contributed by atoms with E-state index in [2.05, 4.69) is 25.6 Å². The van der Waals surface area contributed by atoms with Crippen molar-refractivity contribution >= 4 is 23.1 Å². The van der Waals surface area contributed by atoms with Gasteiger partial charge in [-0.25, -0.2) is 19.5 Å². The quantitative estimate of drug-likeness (QED) is 0.454. The van der Waals surface area contributed by atoms with Crippen LogP contribution in [-0.2, 0) is 0 Å². The van der Waals surface area contributed by atoms with Crippen LogP contribution in [0, 0.1) is 6.92 Å². The Morgan fingerprint density at radius 1 is 0.935 bits per heavy atom. The van der Waals surface area contributed by atoms with Gasteiger partial charge in [0, 0.05) is 35.7 Å². The van der Waals surface area contributed by atoms with Gasteiger partial charge in [0.1, 0.15) is 5.82 Å². The van der Waals surface area contributed by atoms with E-state index in [9.17, 15) is 0 Å². The van der Waals surface area contributed by atoms with Gasteiger partial charge in [-0.05, 0) is 56.4 Å². The first-order valence-corrected chi connectivity index (χ1v) is 10.7. The summed E-state index contributed by atoms with van der Waals surface area (Å²) in [4.78, 5) is 13.4. The Kier molecular flexibility index (Phi) is 5.21. The van der Waals surface area contributed by atoms with Gasteiger partial charge in [-0.3, -0.25) is 0 Å². The molecule has 5 rings (SSSR count). The molecule has 3 heterocycles. The highest BCUT2D eigenvalue weighted by molar-refractivity contribution is 5.64. The number of para-hydroxylation sites is 1. The van der Waals surface area contributed by atoms with Crippen molar-refractivity contribution in [3.63, 3.8) is 0 Å². The maximum absolute atomic E-state index is 6.02. The average Bonchev–Trinajstić information content (AvgIpc) is 3.21. The third kappa shape index (κ3) is 4.20. The lowest BCUT2D eigenvalue weighted by atomic mass is 9.92. The van der Waals surface area contributed by atoms with Crippen LogP contribution in [0.4, 0.5) is 17.5 Å². The van der Waals surface area contributed by atoms with Crippen LogP contribution in [0.5, 0.6) is 0 Å². The number of rotatable bonds is 5. The van der Waals surface area contributed by atoms with Crippen molar-refractivity contribution in [2.75, 3.05) is 10.6 Å². The Balaban J connectivity index is 1.36. The van der Waals surface area contributed by atoms with E-state index in [0.29, 0.717) is 18.0 Å². The first-order chi connectivity index (χ1) is 15.2. The molecule has 1 fully saturated rings. The van der Waals surface area contributed by atoms with Crippen LogP contribution in [0.1, 0.15) is 31.2 Å². The number of benzene rings is 1. The highest BCUT2D eigenvalue weighted by Gasteiger charge is 2.19. The fourth-order valence-corrected chi connectivity index (χ4v) is 3.98. The topological polar surface area (TPSA) is 106 Å². The summed E-state index contributed by atoms with van der Waals surface area (Å²) >= 11 is 0. The second kappa shape index (κ2) is 8.31. The summed E-state index contributed by atoms with van der Waals surface area (Å²) in [7, 11) is 0. The Labute approximate surface area is 180 Å². The van der Waals surface area contributed by atoms with E-state index >= 15 is 0 Å². The summed E-state index contributed by atoms with van der Waals surface area (Å²) in [6.45, 7) is 2.05. The molecule has 8 heteroatoms. The van der Waals surface area contributed by atoms with E-state index in [1.165, 1.54) is 0 Å². The van der Waals surface area contributed by atoms with Gasteiger partial charge in [-0.1, -0.05) is 18.2 Å². The van der Waals surface area contributed by atoms with Gasteiger partial charge in [0.2, 0.25) is 5.95 Å². The maximum Gasteiger partial charge on any atom is 0.227 e. The van der Waals surface area contributed by atoms with Crippen molar-refractivity contribution in [3.8, 4) is 11.3 Å². The van der Waals surface area contributed by atoms with E-state index in [1.807, 2.05) is 47.8 Å². The molecule has 1 aliphatic carbocycles. The molecular formula is C23H26N8. The molecule has 0 bridgehead atoms. The number of nitrogens with two attached hydrogens (primary N) is 1. The Morgan fingerprint density at radius 3 is 2.48 bits per heavy atom. The maximum atomic E-state index is 6.02. The molecule has 0 aliphatic heterocycles. The van der Waals surface area contributed by atoms with Gasteiger partial charge in [-0.2, -0.15) is 0 Å². The van der Waals surface area contributed by atoms with Gasteiger partial charge in [0.05, 0.1) is 11.9 Å². The van der Waals surface area contributed by atoms with Crippen molar-refractivity contribution in [3.05, 3.63) is 60.6 Å². The molecule has 0 unspecified atom stereocenters. The predicted molar refractivity (Wildman–Crippen MR) is 122 cm³/mol. The molecule has 158 valence electrons. The Morgan fingerprint density at radius 2 is 1.71 bits per heavy atom. The molecule has 0 radical (unpaired) electrons. The van der Waals surface area contributed by atoms with E-state index < -0.39 is 0 Å². The SMILES string of the molecule is Cc1ccccc1Nc1ncc(-c2cnc3ccc(N[C@H]4CC[C@H](N)CC4)nn23)cn1. The summed E-state index contributed by atoms with van der Waals surface area (Å²) in [5.74, 6) is 1.39. The number of anilines is 3. The van der Waals surface area contributed by atoms with E-state index in [1.54, 1.807) is 18.6 Å². The minimum Gasteiger partial charge on any atom is -0.366 e. The van der Waals surface area contributed by atoms with Crippen molar-refractivity contribution in [2.24, 2.45) is 5.73 Å². The molecule has 0 saturated heterocycles. The third-order valence-corrected chi connectivity index (χ3v) is 5.83. The number of fused-ring (bicyclic) bond motifs is 1. The zero-order valence-electron chi connectivity index (χ0n) is 17.5. The molecule has 4 aromatic rings. The lowest BCUT2D eigenvalue weighted by molar-refractivity contribution is 0.410. The van der Waals surface area contributed by atoms with Gasteiger partial charge < -0.3 is 16.4 Å². The first-order valence-electron chi connectivity index (χ1n) is 10.7. The smallest absolute Gasteiger partial charge is 0.227 e. The first kappa shape index (κ1) is 19.4. The standard InChI is InChI=1S/C23H26N8/c1-15-4-2-3-5-19(15)29-23-26-12-16(13-27-23)20-14-25-22-11-10-21(30-31(20)22)28-18-8-6-17(24)7-9-18/h2-5,10-14,17-18H,6-9,24H2,1H3,(H,28,30)(H,26,27,29)/t17-,18-. The highest BCUT2D eigenvalue weighted by Crippen LogP contribution is 2.24. The summed E-state index contributed by atoms with van der Waals surface area (Å²) in [5.41, 5.74) is 10.7. The zero-order valence-corrected chi connectivity index (χ0v) is 17.5. The van der Waals surface area contributed by atoms with Gasteiger partial charge in [0.15, 0.2) is 5.65 Å². The van der Waals surface area contributed by atoms with E-state index in [4.69, 9.17) is 10.8 Å². The molecule has 0 spiro atoms. The number of imidazole rings is 1. The number of aromatic nitrogens is 5. The van der Waals surface area contributed by atoms with Crippen molar-refractivity contribution < 1.29 is 0 Å². The minimum atomic E-state index is 0.331. The molecule has 0 amide bonds.